The molecule has 0 radical (unpaired) electrons. The zero-order valence-corrected chi connectivity index (χ0v) is 16.8. The summed E-state index contributed by atoms with van der Waals surface area (Å²) in [4.78, 5) is 29.9. The van der Waals surface area contributed by atoms with Gasteiger partial charge >= 0.3 is 5.69 Å². The molecule has 138 valence electrons. The molecule has 0 bridgehead atoms. The fraction of sp³-hybridized carbons (Fsp3) is 0.500. The lowest BCUT2D eigenvalue weighted by Crippen LogP contribution is -2.39. The first-order chi connectivity index (χ1) is 12.0. The van der Waals surface area contributed by atoms with Crippen molar-refractivity contribution in [3.05, 3.63) is 41.6 Å². The molecule has 9 heteroatoms. The average Bonchev–Trinajstić information content (AvgIpc) is 2.97. The van der Waals surface area contributed by atoms with Gasteiger partial charge in [-0.3, -0.25) is 14.3 Å². The van der Waals surface area contributed by atoms with Gasteiger partial charge in [-0.2, -0.15) is 0 Å². The molecule has 0 saturated heterocycles. The molecule has 3 N–H and O–H groups in total. The summed E-state index contributed by atoms with van der Waals surface area (Å²) in [5.41, 5.74) is 5.59. The number of ether oxygens (including phenoxy) is 1. The van der Waals surface area contributed by atoms with Gasteiger partial charge in [0.05, 0.1) is 16.9 Å². The van der Waals surface area contributed by atoms with Crippen LogP contribution in [0, 0.1) is 0 Å². The van der Waals surface area contributed by atoms with Crippen molar-refractivity contribution >= 4 is 38.8 Å². The third-order valence-electron chi connectivity index (χ3n) is 3.81. The van der Waals surface area contributed by atoms with Gasteiger partial charge in [-0.15, -0.1) is 11.3 Å². The Morgan fingerprint density at radius 2 is 2.16 bits per heavy atom. The second kappa shape index (κ2) is 9.21. The van der Waals surface area contributed by atoms with Crippen LogP contribution in [0.5, 0.6) is 0 Å². The van der Waals surface area contributed by atoms with Crippen LogP contribution in [0.15, 0.2) is 25.5 Å². The van der Waals surface area contributed by atoms with E-state index >= 15 is 0 Å². The van der Waals surface area contributed by atoms with Crippen LogP contribution in [-0.2, 0) is 17.8 Å². The summed E-state index contributed by atoms with van der Waals surface area (Å²) in [5, 5.41) is 0. The molecule has 0 atom stereocenters. The van der Waals surface area contributed by atoms with E-state index in [1.165, 1.54) is 4.57 Å². The van der Waals surface area contributed by atoms with Gasteiger partial charge in [0.15, 0.2) is 0 Å². The van der Waals surface area contributed by atoms with Crippen LogP contribution in [-0.4, -0.2) is 29.8 Å². The number of aromatic amines is 1. The number of anilines is 2. The second-order valence-electron chi connectivity index (χ2n) is 5.62. The van der Waals surface area contributed by atoms with Crippen molar-refractivity contribution in [2.45, 2.75) is 32.9 Å². The quantitative estimate of drug-likeness (QED) is 0.636. The summed E-state index contributed by atoms with van der Waals surface area (Å²) < 4.78 is 7.62. The molecule has 2 rings (SSSR count). The Balaban J connectivity index is 2.44. The molecule has 0 saturated carbocycles. The zero-order valence-electron chi connectivity index (χ0n) is 14.4. The molecule has 0 aromatic carbocycles. The van der Waals surface area contributed by atoms with Gasteiger partial charge in [0.1, 0.15) is 11.5 Å². The molecule has 0 aliphatic rings. The Morgan fingerprint density at radius 3 is 2.76 bits per heavy atom. The number of hydrogen-bond acceptors (Lipinski definition) is 6. The van der Waals surface area contributed by atoms with Gasteiger partial charge in [-0.05, 0) is 34.5 Å². The lowest BCUT2D eigenvalue weighted by molar-refractivity contribution is 0.205. The van der Waals surface area contributed by atoms with Crippen LogP contribution in [0.4, 0.5) is 11.5 Å². The number of aromatic nitrogens is 2. The summed E-state index contributed by atoms with van der Waals surface area (Å²) in [6, 6.07) is 3.95. The van der Waals surface area contributed by atoms with Crippen LogP contribution in [0.1, 0.15) is 24.6 Å². The summed E-state index contributed by atoms with van der Waals surface area (Å²) in [7, 11) is 1.61. The first-order valence-electron chi connectivity index (χ1n) is 8.08. The first-order valence-corrected chi connectivity index (χ1v) is 9.69. The number of rotatable bonds is 9. The van der Waals surface area contributed by atoms with E-state index in [-0.39, 0.29) is 5.82 Å². The standard InChI is InChI=1S/C16H23BrN4O3S/c1-3-4-7-21-14(18)13(15(22)19-16(21)23)20(8-9-24-2)10-11-5-6-12(17)25-11/h5-6H,3-4,7-10,18H2,1-2H3,(H,19,22,23). The number of H-pyrrole nitrogens is 1. The number of nitrogen functional groups attached to an aromatic ring is 1. The minimum absolute atomic E-state index is 0.203. The van der Waals surface area contributed by atoms with Crippen molar-refractivity contribution in [1.29, 1.82) is 0 Å². The first kappa shape index (κ1) is 19.7. The Bertz CT molecular complexity index is 814. The predicted molar refractivity (Wildman–Crippen MR) is 106 cm³/mol. The highest BCUT2D eigenvalue weighted by Crippen LogP contribution is 2.26. The third-order valence-corrected chi connectivity index (χ3v) is 5.41. The summed E-state index contributed by atoms with van der Waals surface area (Å²) in [5.74, 6) is 0.203. The van der Waals surface area contributed by atoms with Crippen molar-refractivity contribution in [3.8, 4) is 0 Å². The van der Waals surface area contributed by atoms with Gasteiger partial charge in [0.25, 0.3) is 5.56 Å². The molecule has 0 spiro atoms. The average molecular weight is 431 g/mol. The predicted octanol–water partition coefficient (Wildman–Crippen LogP) is 2.40. The fourth-order valence-electron chi connectivity index (χ4n) is 2.52. The highest BCUT2D eigenvalue weighted by atomic mass is 79.9. The van der Waals surface area contributed by atoms with Gasteiger partial charge < -0.3 is 15.4 Å². The SMILES string of the molecule is CCCCn1c(N)c(N(CCOC)Cc2ccc(Br)s2)c(=O)[nH]c1=O. The number of thiophene rings is 1. The van der Waals surface area contributed by atoms with E-state index < -0.39 is 11.2 Å². The van der Waals surface area contributed by atoms with Gasteiger partial charge in [0, 0.05) is 25.1 Å². The van der Waals surface area contributed by atoms with Crippen molar-refractivity contribution in [2.75, 3.05) is 30.9 Å². The molecule has 25 heavy (non-hydrogen) atoms. The molecule has 0 aliphatic carbocycles. The summed E-state index contributed by atoms with van der Waals surface area (Å²) >= 11 is 5.04. The molecular weight excluding hydrogens is 408 g/mol. The van der Waals surface area contributed by atoms with E-state index in [1.54, 1.807) is 18.4 Å². The van der Waals surface area contributed by atoms with Gasteiger partial charge in [-0.25, -0.2) is 4.79 Å². The highest BCUT2D eigenvalue weighted by molar-refractivity contribution is 9.11. The van der Waals surface area contributed by atoms with E-state index in [4.69, 9.17) is 10.5 Å². The van der Waals surface area contributed by atoms with Crippen molar-refractivity contribution in [3.63, 3.8) is 0 Å². The molecule has 2 aromatic heterocycles. The minimum Gasteiger partial charge on any atom is -0.383 e. The largest absolute Gasteiger partial charge is 0.383 e. The second-order valence-corrected chi connectivity index (χ2v) is 8.17. The molecule has 0 unspecified atom stereocenters. The topological polar surface area (TPSA) is 93.3 Å². The number of methoxy groups -OCH3 is 1. The number of nitrogens with one attached hydrogen (secondary N) is 1. The smallest absolute Gasteiger partial charge is 0.330 e. The molecule has 0 aliphatic heterocycles. The van der Waals surface area contributed by atoms with Crippen LogP contribution >= 0.6 is 27.3 Å². The fourth-order valence-corrected chi connectivity index (χ4v) is 4.02. The number of halogens is 1. The lowest BCUT2D eigenvalue weighted by Gasteiger charge is -2.25. The highest BCUT2D eigenvalue weighted by Gasteiger charge is 2.19. The monoisotopic (exact) mass is 430 g/mol. The van der Waals surface area contributed by atoms with Crippen LogP contribution in [0.2, 0.25) is 0 Å². The number of nitrogens with two attached hydrogens (primary N) is 1. The maximum absolute atomic E-state index is 12.4. The molecule has 0 fully saturated rings. The molecule has 2 heterocycles. The number of nitrogens with zero attached hydrogens (tertiary/aromatic N) is 2. The van der Waals surface area contributed by atoms with Crippen LogP contribution in [0.25, 0.3) is 0 Å². The maximum Gasteiger partial charge on any atom is 0.330 e. The van der Waals surface area contributed by atoms with Crippen LogP contribution in [0.3, 0.4) is 0 Å². The zero-order chi connectivity index (χ0) is 18.4. The molecule has 7 nitrogen and oxygen atoms in total. The van der Waals surface area contributed by atoms with E-state index in [0.29, 0.717) is 31.9 Å². The third kappa shape index (κ3) is 4.96. The molecular formula is C16H23BrN4O3S. The lowest BCUT2D eigenvalue weighted by atomic mass is 10.3. The Labute approximate surface area is 158 Å². The van der Waals surface area contributed by atoms with E-state index in [9.17, 15) is 9.59 Å². The Kier molecular flexibility index (Phi) is 7.27. The number of unbranched alkanes of at least 4 members (excludes halogenated alkanes) is 1. The van der Waals surface area contributed by atoms with E-state index in [1.807, 2.05) is 24.0 Å². The van der Waals surface area contributed by atoms with E-state index in [2.05, 4.69) is 20.9 Å². The Hall–Kier alpha value is -1.58. The molecule has 2 aromatic rings. The Morgan fingerprint density at radius 1 is 1.40 bits per heavy atom. The van der Waals surface area contributed by atoms with Crippen molar-refractivity contribution in [1.82, 2.24) is 9.55 Å². The summed E-state index contributed by atoms with van der Waals surface area (Å²) in [6.45, 7) is 3.96. The van der Waals surface area contributed by atoms with E-state index in [0.717, 1.165) is 21.5 Å². The molecule has 0 amide bonds. The van der Waals surface area contributed by atoms with Gasteiger partial charge in [-0.1, -0.05) is 13.3 Å². The van der Waals surface area contributed by atoms with Crippen molar-refractivity contribution in [2.24, 2.45) is 0 Å². The van der Waals surface area contributed by atoms with Crippen LogP contribution < -0.4 is 21.9 Å². The van der Waals surface area contributed by atoms with Gasteiger partial charge in [0.2, 0.25) is 0 Å². The van der Waals surface area contributed by atoms with Crippen molar-refractivity contribution < 1.29 is 4.74 Å². The number of hydrogen-bond donors (Lipinski definition) is 2. The minimum atomic E-state index is -0.470. The maximum atomic E-state index is 12.4. The summed E-state index contributed by atoms with van der Waals surface area (Å²) in [6.07, 6.45) is 1.74. The normalized spacial score (nSPS) is 11.0.